The number of amides is 1. The van der Waals surface area contributed by atoms with Gasteiger partial charge in [0.15, 0.2) is 0 Å². The van der Waals surface area contributed by atoms with Gasteiger partial charge in [-0.3, -0.25) is 4.79 Å². The minimum Gasteiger partial charge on any atom is -0.324 e. The average molecular weight is 246 g/mol. The molecule has 0 aromatic heterocycles. The highest BCUT2D eigenvalue weighted by molar-refractivity contribution is 6.03. The lowest BCUT2D eigenvalue weighted by Gasteiger charge is -2.12. The third-order valence-electron chi connectivity index (χ3n) is 3.43. The highest BCUT2D eigenvalue weighted by Gasteiger charge is 2.30. The maximum atomic E-state index is 11.9. The molecule has 18 heavy (non-hydrogen) atoms. The number of carbonyl (C=O) groups is 1. The molecule has 1 amide bonds. The predicted octanol–water partition coefficient (Wildman–Crippen LogP) is 3.01. The number of fused-ring (bicyclic) bond motifs is 1. The number of benzene rings is 1. The Morgan fingerprint density at radius 3 is 2.89 bits per heavy atom. The third kappa shape index (κ3) is 2.72. The fourth-order valence-corrected chi connectivity index (χ4v) is 2.40. The van der Waals surface area contributed by atoms with Crippen LogP contribution in [0.2, 0.25) is 0 Å². The molecule has 2 N–H and O–H groups in total. The first-order chi connectivity index (χ1) is 8.59. The molecule has 1 aromatic rings. The lowest BCUT2D eigenvalue weighted by atomic mass is 10.0. The van der Waals surface area contributed by atoms with Gasteiger partial charge in [0.2, 0.25) is 5.91 Å². The normalized spacial score (nSPS) is 18.0. The Bertz CT molecular complexity index is 440. The van der Waals surface area contributed by atoms with Gasteiger partial charge in [-0.25, -0.2) is 0 Å². The Labute approximate surface area is 109 Å². The summed E-state index contributed by atoms with van der Waals surface area (Å²) in [6, 6.07) is 5.89. The van der Waals surface area contributed by atoms with E-state index in [1.807, 2.05) is 25.1 Å². The number of aryl methyl sites for hydroxylation is 1. The Morgan fingerprint density at radius 2 is 2.17 bits per heavy atom. The van der Waals surface area contributed by atoms with E-state index in [0.29, 0.717) is 0 Å². The zero-order valence-electron chi connectivity index (χ0n) is 11.4. The number of hydrogen-bond donors (Lipinski definition) is 2. The number of anilines is 1. The Morgan fingerprint density at radius 1 is 1.39 bits per heavy atom. The van der Waals surface area contributed by atoms with Crippen molar-refractivity contribution in [1.82, 2.24) is 5.32 Å². The number of nitrogens with one attached hydrogen (secondary N) is 2. The molecule has 0 bridgehead atoms. The van der Waals surface area contributed by atoms with Crippen LogP contribution in [-0.4, -0.2) is 12.5 Å². The summed E-state index contributed by atoms with van der Waals surface area (Å²) in [5, 5.41) is 6.32. The second-order valence-corrected chi connectivity index (χ2v) is 5.45. The Kier molecular flexibility index (Phi) is 4.02. The number of carbonyl (C=O) groups excluding carboxylic acids is 1. The van der Waals surface area contributed by atoms with Crippen molar-refractivity contribution in [2.45, 2.75) is 39.7 Å². The second kappa shape index (κ2) is 5.53. The summed E-state index contributed by atoms with van der Waals surface area (Å²) in [7, 11) is 0. The van der Waals surface area contributed by atoms with Crippen LogP contribution in [0.15, 0.2) is 18.2 Å². The zero-order chi connectivity index (χ0) is 13.1. The smallest absolute Gasteiger partial charge is 0.246 e. The van der Waals surface area contributed by atoms with Crippen molar-refractivity contribution in [3.8, 4) is 0 Å². The van der Waals surface area contributed by atoms with Gasteiger partial charge in [0, 0.05) is 11.3 Å². The first kappa shape index (κ1) is 13.1. The van der Waals surface area contributed by atoms with Crippen molar-refractivity contribution in [2.75, 3.05) is 11.9 Å². The lowest BCUT2D eigenvalue weighted by molar-refractivity contribution is -0.117. The summed E-state index contributed by atoms with van der Waals surface area (Å²) in [6.07, 6.45) is 2.31. The fourth-order valence-electron chi connectivity index (χ4n) is 2.40. The topological polar surface area (TPSA) is 41.1 Å². The van der Waals surface area contributed by atoms with Crippen LogP contribution in [0.3, 0.4) is 0 Å². The maximum Gasteiger partial charge on any atom is 0.246 e. The van der Waals surface area contributed by atoms with Crippen LogP contribution in [0.5, 0.6) is 0 Å². The van der Waals surface area contributed by atoms with Crippen molar-refractivity contribution >= 4 is 11.6 Å². The molecule has 3 heteroatoms. The fraction of sp³-hybridized carbons (Fsp3) is 0.533. The molecule has 0 aliphatic carbocycles. The molecule has 0 spiro atoms. The predicted molar refractivity (Wildman–Crippen MR) is 74.6 cm³/mol. The van der Waals surface area contributed by atoms with Gasteiger partial charge in [-0.1, -0.05) is 32.0 Å². The van der Waals surface area contributed by atoms with E-state index in [1.54, 1.807) is 0 Å². The third-order valence-corrected chi connectivity index (χ3v) is 3.43. The van der Waals surface area contributed by atoms with Crippen molar-refractivity contribution in [1.29, 1.82) is 0 Å². The van der Waals surface area contributed by atoms with Gasteiger partial charge in [0.1, 0.15) is 6.04 Å². The van der Waals surface area contributed by atoms with E-state index in [1.165, 1.54) is 6.42 Å². The minimum absolute atomic E-state index is 0.0730. The van der Waals surface area contributed by atoms with Crippen LogP contribution in [0.25, 0.3) is 0 Å². The van der Waals surface area contributed by atoms with Crippen molar-refractivity contribution in [3.63, 3.8) is 0 Å². The summed E-state index contributed by atoms with van der Waals surface area (Å²) in [5.74, 6) is 0.794. The zero-order valence-corrected chi connectivity index (χ0v) is 11.4. The molecule has 0 radical (unpaired) electrons. The molecule has 1 aliphatic rings. The van der Waals surface area contributed by atoms with Gasteiger partial charge in [0.05, 0.1) is 0 Å². The summed E-state index contributed by atoms with van der Waals surface area (Å²) in [6.45, 7) is 7.37. The summed E-state index contributed by atoms with van der Waals surface area (Å²) >= 11 is 0. The van der Waals surface area contributed by atoms with Gasteiger partial charge >= 0.3 is 0 Å². The standard InChI is InChI=1S/C15H22N2O/c1-10(2)6-5-9-16-14-12-8-4-7-11(3)13(12)17-15(14)18/h4,7-8,10,14,16H,5-6,9H2,1-3H3,(H,17,18). The molecule has 0 saturated carbocycles. The molecule has 1 aromatic carbocycles. The quantitative estimate of drug-likeness (QED) is 0.784. The monoisotopic (exact) mass is 246 g/mol. The van der Waals surface area contributed by atoms with Crippen LogP contribution in [0, 0.1) is 12.8 Å². The van der Waals surface area contributed by atoms with Crippen LogP contribution in [0.1, 0.15) is 43.9 Å². The van der Waals surface area contributed by atoms with Crippen molar-refractivity contribution in [3.05, 3.63) is 29.3 Å². The van der Waals surface area contributed by atoms with E-state index in [-0.39, 0.29) is 11.9 Å². The highest BCUT2D eigenvalue weighted by Crippen LogP contribution is 2.33. The van der Waals surface area contributed by atoms with E-state index >= 15 is 0 Å². The molecule has 2 rings (SSSR count). The van der Waals surface area contributed by atoms with Gasteiger partial charge < -0.3 is 10.6 Å². The molecular weight excluding hydrogens is 224 g/mol. The maximum absolute atomic E-state index is 11.9. The van der Waals surface area contributed by atoms with E-state index in [0.717, 1.165) is 35.7 Å². The second-order valence-electron chi connectivity index (χ2n) is 5.45. The van der Waals surface area contributed by atoms with E-state index in [9.17, 15) is 4.79 Å². The molecule has 0 fully saturated rings. The largest absolute Gasteiger partial charge is 0.324 e. The van der Waals surface area contributed by atoms with Crippen molar-refractivity contribution < 1.29 is 4.79 Å². The summed E-state index contributed by atoms with van der Waals surface area (Å²) in [5.41, 5.74) is 3.21. The van der Waals surface area contributed by atoms with E-state index in [4.69, 9.17) is 0 Å². The van der Waals surface area contributed by atoms with Crippen LogP contribution < -0.4 is 10.6 Å². The average Bonchev–Trinajstić information content (AvgIpc) is 2.63. The Hall–Kier alpha value is -1.35. The van der Waals surface area contributed by atoms with E-state index < -0.39 is 0 Å². The SMILES string of the molecule is Cc1cccc2c1NC(=O)C2NCCCC(C)C. The Balaban J connectivity index is 1.98. The summed E-state index contributed by atoms with van der Waals surface area (Å²) < 4.78 is 0. The van der Waals surface area contributed by atoms with E-state index in [2.05, 4.69) is 24.5 Å². The minimum atomic E-state index is -0.174. The van der Waals surface area contributed by atoms with Crippen LogP contribution in [0.4, 0.5) is 5.69 Å². The number of para-hydroxylation sites is 1. The van der Waals surface area contributed by atoms with Gasteiger partial charge in [-0.05, 0) is 37.8 Å². The lowest BCUT2D eigenvalue weighted by Crippen LogP contribution is -2.28. The first-order valence-corrected chi connectivity index (χ1v) is 6.73. The highest BCUT2D eigenvalue weighted by atomic mass is 16.2. The van der Waals surface area contributed by atoms with Crippen LogP contribution >= 0.6 is 0 Å². The molecule has 98 valence electrons. The van der Waals surface area contributed by atoms with Crippen molar-refractivity contribution in [2.24, 2.45) is 5.92 Å². The molecule has 1 aliphatic heterocycles. The van der Waals surface area contributed by atoms with Gasteiger partial charge in [-0.15, -0.1) is 0 Å². The van der Waals surface area contributed by atoms with Gasteiger partial charge in [0.25, 0.3) is 0 Å². The first-order valence-electron chi connectivity index (χ1n) is 6.73. The molecule has 1 heterocycles. The molecule has 0 saturated heterocycles. The molecule has 1 atom stereocenters. The number of hydrogen-bond acceptors (Lipinski definition) is 2. The van der Waals surface area contributed by atoms with Crippen LogP contribution in [-0.2, 0) is 4.79 Å². The molecular formula is C15H22N2O. The van der Waals surface area contributed by atoms with Gasteiger partial charge in [-0.2, -0.15) is 0 Å². The summed E-state index contributed by atoms with van der Waals surface area (Å²) in [4.78, 5) is 11.9. The number of rotatable bonds is 5. The molecule has 3 nitrogen and oxygen atoms in total. The molecule has 1 unspecified atom stereocenters.